The van der Waals surface area contributed by atoms with Gasteiger partial charge in [0, 0.05) is 16.7 Å². The SMILES string of the molecule is COC(C)(C)CCC(N)c1ccc(I)c(Cl)c1. The number of rotatable bonds is 5. The highest BCUT2D eigenvalue weighted by atomic mass is 127. The summed E-state index contributed by atoms with van der Waals surface area (Å²) in [7, 11) is 1.73. The first-order chi connectivity index (χ1) is 7.85. The number of methoxy groups -OCH3 is 1. The summed E-state index contributed by atoms with van der Waals surface area (Å²) in [5.41, 5.74) is 7.12. The number of ether oxygens (including phenoxy) is 1. The molecule has 0 fully saturated rings. The Labute approximate surface area is 122 Å². The number of nitrogens with two attached hydrogens (primary N) is 1. The highest BCUT2D eigenvalue weighted by Gasteiger charge is 2.18. The molecule has 0 aliphatic rings. The Bertz CT molecular complexity index is 382. The molecule has 17 heavy (non-hydrogen) atoms. The summed E-state index contributed by atoms with van der Waals surface area (Å²) in [4.78, 5) is 0. The van der Waals surface area contributed by atoms with E-state index in [0.717, 1.165) is 27.0 Å². The maximum Gasteiger partial charge on any atom is 0.0623 e. The summed E-state index contributed by atoms with van der Waals surface area (Å²) >= 11 is 8.30. The topological polar surface area (TPSA) is 35.2 Å². The Morgan fingerprint density at radius 3 is 2.65 bits per heavy atom. The van der Waals surface area contributed by atoms with Crippen molar-refractivity contribution in [2.75, 3.05) is 7.11 Å². The number of hydrogen-bond acceptors (Lipinski definition) is 2. The minimum Gasteiger partial charge on any atom is -0.379 e. The minimum absolute atomic E-state index is 0.0129. The Morgan fingerprint density at radius 1 is 1.47 bits per heavy atom. The van der Waals surface area contributed by atoms with E-state index in [9.17, 15) is 0 Å². The second-order valence-corrected chi connectivity index (χ2v) is 6.35. The lowest BCUT2D eigenvalue weighted by Gasteiger charge is -2.24. The summed E-state index contributed by atoms with van der Waals surface area (Å²) in [6, 6.07) is 6.00. The van der Waals surface area contributed by atoms with Gasteiger partial charge in [-0.2, -0.15) is 0 Å². The summed E-state index contributed by atoms with van der Waals surface area (Å²) in [6.45, 7) is 4.14. The molecule has 2 nitrogen and oxygen atoms in total. The monoisotopic (exact) mass is 367 g/mol. The summed E-state index contributed by atoms with van der Waals surface area (Å²) in [5.74, 6) is 0. The Balaban J connectivity index is 2.64. The van der Waals surface area contributed by atoms with Gasteiger partial charge in [-0.3, -0.25) is 0 Å². The van der Waals surface area contributed by atoms with Crippen LogP contribution in [0.5, 0.6) is 0 Å². The molecule has 1 unspecified atom stereocenters. The zero-order valence-electron chi connectivity index (χ0n) is 10.5. The highest BCUT2D eigenvalue weighted by molar-refractivity contribution is 14.1. The van der Waals surface area contributed by atoms with Crippen LogP contribution in [0.15, 0.2) is 18.2 Å². The third kappa shape index (κ3) is 4.73. The van der Waals surface area contributed by atoms with E-state index in [0.29, 0.717) is 0 Å². The molecule has 1 atom stereocenters. The van der Waals surface area contributed by atoms with Gasteiger partial charge in [-0.1, -0.05) is 17.7 Å². The normalized spacial score (nSPS) is 13.8. The summed E-state index contributed by atoms with van der Waals surface area (Å²) in [5, 5.41) is 0.768. The second kappa shape index (κ2) is 6.36. The third-order valence-electron chi connectivity index (χ3n) is 2.98. The molecule has 1 rings (SSSR count). The van der Waals surface area contributed by atoms with Crippen LogP contribution in [0.2, 0.25) is 5.02 Å². The predicted molar refractivity (Wildman–Crippen MR) is 81.4 cm³/mol. The first kappa shape index (κ1) is 15.2. The van der Waals surface area contributed by atoms with Crippen molar-refractivity contribution in [1.29, 1.82) is 0 Å². The molecule has 0 saturated heterocycles. The number of hydrogen-bond donors (Lipinski definition) is 1. The van der Waals surface area contributed by atoms with E-state index < -0.39 is 0 Å². The summed E-state index contributed by atoms with van der Waals surface area (Å²) in [6.07, 6.45) is 1.81. The molecule has 0 spiro atoms. The fraction of sp³-hybridized carbons (Fsp3) is 0.538. The molecule has 1 aromatic rings. The first-order valence-electron chi connectivity index (χ1n) is 5.61. The maximum absolute atomic E-state index is 6.16. The molecule has 0 saturated carbocycles. The third-order valence-corrected chi connectivity index (χ3v) is 4.55. The quantitative estimate of drug-likeness (QED) is 0.794. The average Bonchev–Trinajstić information content (AvgIpc) is 2.30. The van der Waals surface area contributed by atoms with Gasteiger partial charge in [-0.15, -0.1) is 0 Å². The van der Waals surface area contributed by atoms with E-state index in [-0.39, 0.29) is 11.6 Å². The molecular weight excluding hydrogens is 349 g/mol. The van der Waals surface area contributed by atoms with Crippen LogP contribution in [0.1, 0.15) is 38.3 Å². The molecule has 1 aromatic carbocycles. The van der Waals surface area contributed by atoms with Gasteiger partial charge in [-0.05, 0) is 67.0 Å². The van der Waals surface area contributed by atoms with Gasteiger partial charge in [0.15, 0.2) is 0 Å². The van der Waals surface area contributed by atoms with Crippen molar-refractivity contribution in [3.05, 3.63) is 32.4 Å². The maximum atomic E-state index is 6.16. The van der Waals surface area contributed by atoms with Gasteiger partial charge >= 0.3 is 0 Å². The van der Waals surface area contributed by atoms with Crippen molar-refractivity contribution in [3.8, 4) is 0 Å². The van der Waals surface area contributed by atoms with Gasteiger partial charge in [0.1, 0.15) is 0 Å². The van der Waals surface area contributed by atoms with E-state index in [1.54, 1.807) is 7.11 Å². The Hall–Kier alpha value is 0.160. The van der Waals surface area contributed by atoms with Gasteiger partial charge < -0.3 is 10.5 Å². The van der Waals surface area contributed by atoms with E-state index in [1.807, 2.05) is 18.2 Å². The molecule has 0 aliphatic carbocycles. The molecule has 2 N–H and O–H groups in total. The molecule has 0 aliphatic heterocycles. The lowest BCUT2D eigenvalue weighted by atomic mass is 9.95. The van der Waals surface area contributed by atoms with Crippen molar-refractivity contribution in [3.63, 3.8) is 0 Å². The molecule has 0 radical (unpaired) electrons. The molecule has 0 bridgehead atoms. The zero-order valence-corrected chi connectivity index (χ0v) is 13.4. The molecule has 96 valence electrons. The fourth-order valence-electron chi connectivity index (χ4n) is 1.51. The van der Waals surface area contributed by atoms with Crippen molar-refractivity contribution in [2.45, 2.75) is 38.3 Å². The number of benzene rings is 1. The zero-order chi connectivity index (χ0) is 13.1. The molecular formula is C13H19ClINO. The second-order valence-electron chi connectivity index (χ2n) is 4.78. The largest absolute Gasteiger partial charge is 0.379 e. The van der Waals surface area contributed by atoms with Crippen LogP contribution in [-0.2, 0) is 4.74 Å². The van der Waals surface area contributed by atoms with E-state index in [4.69, 9.17) is 22.1 Å². The van der Waals surface area contributed by atoms with Crippen LogP contribution in [0.25, 0.3) is 0 Å². The van der Waals surface area contributed by atoms with Crippen LogP contribution < -0.4 is 5.73 Å². The van der Waals surface area contributed by atoms with Crippen molar-refractivity contribution >= 4 is 34.2 Å². The average molecular weight is 368 g/mol. The lowest BCUT2D eigenvalue weighted by Crippen LogP contribution is -2.24. The van der Waals surface area contributed by atoms with Crippen LogP contribution in [-0.4, -0.2) is 12.7 Å². The van der Waals surface area contributed by atoms with Gasteiger partial charge in [0.2, 0.25) is 0 Å². The van der Waals surface area contributed by atoms with Crippen LogP contribution >= 0.6 is 34.2 Å². The predicted octanol–water partition coefficient (Wildman–Crippen LogP) is 4.15. The smallest absolute Gasteiger partial charge is 0.0623 e. The van der Waals surface area contributed by atoms with Gasteiger partial charge in [0.05, 0.1) is 10.6 Å². The van der Waals surface area contributed by atoms with Gasteiger partial charge in [0.25, 0.3) is 0 Å². The molecule has 0 amide bonds. The van der Waals surface area contributed by atoms with E-state index >= 15 is 0 Å². The summed E-state index contributed by atoms with van der Waals surface area (Å²) < 4.78 is 6.44. The first-order valence-corrected chi connectivity index (χ1v) is 7.07. The Kier molecular flexibility index (Phi) is 5.70. The standard InChI is InChI=1S/C13H19ClINO/c1-13(2,17-3)7-6-12(16)9-4-5-11(15)10(14)8-9/h4-5,8,12H,6-7,16H2,1-3H3. The van der Waals surface area contributed by atoms with E-state index in [1.165, 1.54) is 0 Å². The van der Waals surface area contributed by atoms with Crippen molar-refractivity contribution < 1.29 is 4.74 Å². The number of halogens is 2. The minimum atomic E-state index is -0.120. The van der Waals surface area contributed by atoms with Crippen molar-refractivity contribution in [1.82, 2.24) is 0 Å². The van der Waals surface area contributed by atoms with Crippen LogP contribution in [0, 0.1) is 3.57 Å². The van der Waals surface area contributed by atoms with Crippen LogP contribution in [0.4, 0.5) is 0 Å². The molecule has 0 heterocycles. The molecule has 4 heteroatoms. The van der Waals surface area contributed by atoms with Crippen molar-refractivity contribution in [2.24, 2.45) is 5.73 Å². The highest BCUT2D eigenvalue weighted by Crippen LogP contribution is 2.26. The Morgan fingerprint density at radius 2 is 2.12 bits per heavy atom. The fourth-order valence-corrected chi connectivity index (χ4v) is 2.04. The molecule has 0 aromatic heterocycles. The van der Waals surface area contributed by atoms with Gasteiger partial charge in [-0.25, -0.2) is 0 Å². The van der Waals surface area contributed by atoms with E-state index in [2.05, 4.69) is 36.4 Å². The van der Waals surface area contributed by atoms with Crippen LogP contribution in [0.3, 0.4) is 0 Å². The lowest BCUT2D eigenvalue weighted by molar-refractivity contribution is 0.0125.